The van der Waals surface area contributed by atoms with Crippen LogP contribution in [-0.2, 0) is 11.3 Å². The maximum absolute atomic E-state index is 10.9. The molecule has 0 aromatic heterocycles. The number of ether oxygens (including phenoxy) is 1. The minimum atomic E-state index is -0.373. The molecule has 0 amide bonds. The molecule has 5 nitrogen and oxygen atoms in total. The fourth-order valence-corrected chi connectivity index (χ4v) is 2.59. The highest BCUT2D eigenvalue weighted by atomic mass is 79.9. The van der Waals surface area contributed by atoms with Crippen molar-refractivity contribution < 1.29 is 9.66 Å². The molecule has 104 valence electrons. The molecule has 2 unspecified atom stereocenters. The standard InChI is InChI=1S/C13H17BrN2O3/c1-9(11-4-5-19-8-11)15-7-10-2-3-12(14)13(6-10)16(17)18/h2-3,6,9,11,15H,4-5,7-8H2,1H3. The zero-order valence-electron chi connectivity index (χ0n) is 10.8. The molecule has 0 saturated carbocycles. The number of nitro groups is 1. The molecule has 1 aliphatic rings. The Labute approximate surface area is 120 Å². The van der Waals surface area contributed by atoms with Gasteiger partial charge in [0.2, 0.25) is 0 Å². The topological polar surface area (TPSA) is 64.4 Å². The third-order valence-corrected chi connectivity index (χ3v) is 4.18. The van der Waals surface area contributed by atoms with Gasteiger partial charge in [0, 0.05) is 25.3 Å². The van der Waals surface area contributed by atoms with E-state index in [2.05, 4.69) is 28.2 Å². The van der Waals surface area contributed by atoms with Crippen LogP contribution in [0, 0.1) is 16.0 Å². The average Bonchev–Trinajstić information content (AvgIpc) is 2.91. The zero-order chi connectivity index (χ0) is 13.8. The van der Waals surface area contributed by atoms with E-state index in [9.17, 15) is 10.1 Å². The van der Waals surface area contributed by atoms with Crippen LogP contribution in [0.5, 0.6) is 0 Å². The van der Waals surface area contributed by atoms with Crippen LogP contribution in [0.3, 0.4) is 0 Å². The molecule has 1 fully saturated rings. The summed E-state index contributed by atoms with van der Waals surface area (Å²) in [6, 6.07) is 5.57. The number of benzene rings is 1. The third kappa shape index (κ3) is 3.75. The van der Waals surface area contributed by atoms with Gasteiger partial charge < -0.3 is 10.1 Å². The van der Waals surface area contributed by atoms with Crippen molar-refractivity contribution >= 4 is 21.6 Å². The second-order valence-corrected chi connectivity index (χ2v) is 5.69. The molecule has 1 saturated heterocycles. The van der Waals surface area contributed by atoms with Crippen LogP contribution >= 0.6 is 15.9 Å². The predicted molar refractivity (Wildman–Crippen MR) is 76.0 cm³/mol. The molecule has 0 aliphatic carbocycles. The summed E-state index contributed by atoms with van der Waals surface area (Å²) < 4.78 is 5.87. The Balaban J connectivity index is 1.95. The fraction of sp³-hybridized carbons (Fsp3) is 0.538. The Hall–Kier alpha value is -0.980. The van der Waals surface area contributed by atoms with Crippen molar-refractivity contribution in [3.8, 4) is 0 Å². The van der Waals surface area contributed by atoms with Crippen molar-refractivity contribution in [3.63, 3.8) is 0 Å². The molecule has 2 atom stereocenters. The van der Waals surface area contributed by atoms with E-state index in [1.807, 2.05) is 6.07 Å². The number of rotatable bonds is 5. The summed E-state index contributed by atoms with van der Waals surface area (Å²) in [6.07, 6.45) is 1.08. The van der Waals surface area contributed by atoms with Gasteiger partial charge in [-0.1, -0.05) is 6.07 Å². The lowest BCUT2D eigenvalue weighted by molar-refractivity contribution is -0.385. The number of hydrogen-bond donors (Lipinski definition) is 1. The number of halogens is 1. The molecular weight excluding hydrogens is 312 g/mol. The van der Waals surface area contributed by atoms with Gasteiger partial charge in [0.1, 0.15) is 0 Å². The quantitative estimate of drug-likeness (QED) is 0.666. The van der Waals surface area contributed by atoms with Gasteiger partial charge in [0.15, 0.2) is 0 Å². The van der Waals surface area contributed by atoms with Crippen LogP contribution in [0.2, 0.25) is 0 Å². The van der Waals surface area contributed by atoms with Crippen LogP contribution < -0.4 is 5.32 Å². The second kappa shape index (κ2) is 6.45. The second-order valence-electron chi connectivity index (χ2n) is 4.84. The molecule has 0 spiro atoms. The lowest BCUT2D eigenvalue weighted by Crippen LogP contribution is -2.33. The van der Waals surface area contributed by atoms with Gasteiger partial charge in [0.25, 0.3) is 5.69 Å². The minimum absolute atomic E-state index is 0.108. The van der Waals surface area contributed by atoms with E-state index in [0.717, 1.165) is 25.2 Å². The Morgan fingerprint density at radius 3 is 3.05 bits per heavy atom. The van der Waals surface area contributed by atoms with Crippen LogP contribution in [0.15, 0.2) is 22.7 Å². The van der Waals surface area contributed by atoms with Crippen molar-refractivity contribution in [1.29, 1.82) is 0 Å². The number of hydrogen-bond acceptors (Lipinski definition) is 4. The van der Waals surface area contributed by atoms with Gasteiger partial charge in [-0.2, -0.15) is 0 Å². The summed E-state index contributed by atoms with van der Waals surface area (Å²) in [7, 11) is 0. The molecule has 1 N–H and O–H groups in total. The van der Waals surface area contributed by atoms with E-state index in [1.165, 1.54) is 0 Å². The first-order chi connectivity index (χ1) is 9.08. The maximum atomic E-state index is 10.9. The first-order valence-electron chi connectivity index (χ1n) is 6.32. The van der Waals surface area contributed by atoms with Crippen molar-refractivity contribution in [1.82, 2.24) is 5.32 Å². The van der Waals surface area contributed by atoms with Gasteiger partial charge in [-0.25, -0.2) is 0 Å². The molecular formula is C13H17BrN2O3. The Kier molecular flexibility index (Phi) is 4.90. The van der Waals surface area contributed by atoms with Crippen LogP contribution in [0.25, 0.3) is 0 Å². The van der Waals surface area contributed by atoms with Crippen molar-refractivity contribution in [2.24, 2.45) is 5.92 Å². The molecule has 0 radical (unpaired) electrons. The highest BCUT2D eigenvalue weighted by molar-refractivity contribution is 9.10. The largest absolute Gasteiger partial charge is 0.381 e. The van der Waals surface area contributed by atoms with Crippen LogP contribution in [-0.4, -0.2) is 24.2 Å². The van der Waals surface area contributed by atoms with E-state index < -0.39 is 0 Å². The summed E-state index contributed by atoms with van der Waals surface area (Å²) in [6.45, 7) is 4.40. The van der Waals surface area contributed by atoms with Gasteiger partial charge in [-0.15, -0.1) is 0 Å². The molecule has 1 aromatic carbocycles. The van der Waals surface area contributed by atoms with Gasteiger partial charge in [0.05, 0.1) is 16.0 Å². The van der Waals surface area contributed by atoms with Gasteiger partial charge in [-0.3, -0.25) is 10.1 Å². The molecule has 1 heterocycles. The SMILES string of the molecule is CC(NCc1ccc(Br)c([N+](=O)[O-])c1)C1CCOC1. The van der Waals surface area contributed by atoms with Crippen LogP contribution in [0.4, 0.5) is 5.69 Å². The third-order valence-electron chi connectivity index (χ3n) is 3.51. The first-order valence-corrected chi connectivity index (χ1v) is 7.11. The van der Waals surface area contributed by atoms with E-state index in [0.29, 0.717) is 23.0 Å². The Morgan fingerprint density at radius 1 is 1.63 bits per heavy atom. The number of nitro benzene ring substituents is 1. The van der Waals surface area contributed by atoms with Crippen LogP contribution in [0.1, 0.15) is 18.9 Å². The highest BCUT2D eigenvalue weighted by Gasteiger charge is 2.22. The molecule has 2 rings (SSSR count). The molecule has 1 aromatic rings. The number of nitrogens with one attached hydrogen (secondary N) is 1. The summed E-state index contributed by atoms with van der Waals surface area (Å²) in [5.41, 5.74) is 1.02. The van der Waals surface area contributed by atoms with Crippen molar-refractivity contribution in [2.45, 2.75) is 25.9 Å². The monoisotopic (exact) mass is 328 g/mol. The van der Waals surface area contributed by atoms with Gasteiger partial charge in [-0.05, 0) is 46.8 Å². The lowest BCUT2D eigenvalue weighted by Gasteiger charge is -2.19. The van der Waals surface area contributed by atoms with E-state index in [1.54, 1.807) is 12.1 Å². The van der Waals surface area contributed by atoms with Crippen molar-refractivity contribution in [2.75, 3.05) is 13.2 Å². The summed E-state index contributed by atoms with van der Waals surface area (Å²) in [5.74, 6) is 0.533. The molecule has 1 aliphatic heterocycles. The van der Waals surface area contributed by atoms with E-state index in [-0.39, 0.29) is 10.6 Å². The molecule has 6 heteroatoms. The first kappa shape index (κ1) is 14.4. The smallest absolute Gasteiger partial charge is 0.283 e. The fourth-order valence-electron chi connectivity index (χ4n) is 2.20. The number of nitrogens with zero attached hydrogens (tertiary/aromatic N) is 1. The zero-order valence-corrected chi connectivity index (χ0v) is 12.4. The maximum Gasteiger partial charge on any atom is 0.283 e. The Morgan fingerprint density at radius 2 is 2.42 bits per heavy atom. The van der Waals surface area contributed by atoms with E-state index >= 15 is 0 Å². The molecule has 0 bridgehead atoms. The average molecular weight is 329 g/mol. The molecule has 19 heavy (non-hydrogen) atoms. The predicted octanol–water partition coefficient (Wildman–Crippen LogP) is 2.87. The normalized spacial score (nSPS) is 20.4. The van der Waals surface area contributed by atoms with Crippen molar-refractivity contribution in [3.05, 3.63) is 38.3 Å². The summed E-state index contributed by atoms with van der Waals surface area (Å²) >= 11 is 3.19. The Bertz CT molecular complexity index is 461. The van der Waals surface area contributed by atoms with Gasteiger partial charge >= 0.3 is 0 Å². The minimum Gasteiger partial charge on any atom is -0.381 e. The summed E-state index contributed by atoms with van der Waals surface area (Å²) in [4.78, 5) is 10.5. The summed E-state index contributed by atoms with van der Waals surface area (Å²) in [5, 5.41) is 14.3. The van der Waals surface area contributed by atoms with E-state index in [4.69, 9.17) is 4.74 Å². The lowest BCUT2D eigenvalue weighted by atomic mass is 10.0. The highest BCUT2D eigenvalue weighted by Crippen LogP contribution is 2.25.